The van der Waals surface area contributed by atoms with Gasteiger partial charge in [-0.1, -0.05) is 122 Å². The van der Waals surface area contributed by atoms with E-state index in [1.54, 1.807) is 72.5 Å². The fraction of sp³-hybridized carbons (Fsp3) is 0.657. The number of hydrogen-bond donors (Lipinski definition) is 5. The fourth-order valence-electron chi connectivity index (χ4n) is 12.2. The average Bonchev–Trinajstić information content (AvgIpc) is 0.815. The molecule has 0 aliphatic carbocycles. The lowest BCUT2D eigenvalue weighted by molar-refractivity contribution is -0.153. The lowest BCUT2D eigenvalue weighted by Gasteiger charge is -2.39. The van der Waals surface area contributed by atoms with Crippen molar-refractivity contribution in [2.75, 3.05) is 69.0 Å². The van der Waals surface area contributed by atoms with Crippen LogP contribution in [0.5, 0.6) is 0 Å². The number of aliphatic hydroxyl groups excluding tert-OH is 1. The number of likely N-dealkylation sites (tertiary alicyclic amines) is 1. The Labute approximate surface area is 563 Å². The van der Waals surface area contributed by atoms with Crippen molar-refractivity contribution in [2.24, 2.45) is 23.7 Å². The lowest BCUT2D eigenvalue weighted by Crippen LogP contribution is -2.62. The molecule has 2 aromatic rings. The molecule has 12 amide bonds. The molecule has 528 valence electrons. The van der Waals surface area contributed by atoms with Crippen molar-refractivity contribution >= 4 is 70.9 Å². The van der Waals surface area contributed by atoms with E-state index in [0.29, 0.717) is 43.5 Å². The molecular formula is C70H110N12O13. The van der Waals surface area contributed by atoms with E-state index in [0.717, 1.165) is 21.1 Å². The first-order chi connectivity index (χ1) is 44.5. The van der Waals surface area contributed by atoms with Gasteiger partial charge in [-0.15, -0.1) is 0 Å². The first kappa shape index (κ1) is 79.5. The Balaban J connectivity index is 1.94. The molecule has 5 N–H and O–H groups in total. The Morgan fingerprint density at radius 3 is 1.44 bits per heavy atom. The van der Waals surface area contributed by atoms with Crippen molar-refractivity contribution in [3.05, 3.63) is 71.8 Å². The van der Waals surface area contributed by atoms with Crippen LogP contribution >= 0.6 is 0 Å². The Morgan fingerprint density at radius 1 is 0.495 bits per heavy atom. The lowest BCUT2D eigenvalue weighted by atomic mass is 9.93. The van der Waals surface area contributed by atoms with Gasteiger partial charge >= 0.3 is 0 Å². The zero-order chi connectivity index (χ0) is 71.5. The first-order valence-electron chi connectivity index (χ1n) is 33.6. The van der Waals surface area contributed by atoms with E-state index in [9.17, 15) is 43.5 Å². The van der Waals surface area contributed by atoms with Crippen molar-refractivity contribution in [1.82, 2.24) is 60.5 Å². The van der Waals surface area contributed by atoms with Gasteiger partial charge in [0.05, 0.1) is 19.1 Å². The summed E-state index contributed by atoms with van der Waals surface area (Å²) in [5, 5.41) is 22.1. The number of carbonyl (C=O) groups excluding carboxylic acids is 12. The Kier molecular flexibility index (Phi) is 30.8. The number of hydrogen-bond acceptors (Lipinski definition) is 13. The van der Waals surface area contributed by atoms with E-state index < -0.39 is 156 Å². The van der Waals surface area contributed by atoms with E-state index in [1.807, 2.05) is 48.5 Å². The van der Waals surface area contributed by atoms with Crippen LogP contribution in [-0.2, 0) is 70.4 Å². The molecule has 2 aromatic carbocycles. The number of likely N-dealkylation sites (N-methyl/N-ethyl adjacent to an activating group) is 7. The molecular weight excluding hydrogens is 1220 g/mol. The number of amides is 12. The average molecular weight is 1330 g/mol. The highest BCUT2D eigenvalue weighted by Gasteiger charge is 2.44. The molecule has 95 heavy (non-hydrogen) atoms. The Morgan fingerprint density at radius 2 is 0.958 bits per heavy atom. The third kappa shape index (κ3) is 22.0. The highest BCUT2D eigenvalue weighted by Crippen LogP contribution is 2.24. The quantitative estimate of drug-likeness (QED) is 0.182. The summed E-state index contributed by atoms with van der Waals surface area (Å²) in [4.78, 5) is 187. The monoisotopic (exact) mass is 1330 g/mol. The summed E-state index contributed by atoms with van der Waals surface area (Å²) in [7, 11) is 9.76. The fourth-order valence-corrected chi connectivity index (χ4v) is 12.2. The summed E-state index contributed by atoms with van der Waals surface area (Å²) in [6.07, 6.45) is 0.689. The molecule has 12 atom stereocenters. The summed E-state index contributed by atoms with van der Waals surface area (Å²) in [6, 6.07) is 4.58. The van der Waals surface area contributed by atoms with Gasteiger partial charge in [0, 0.05) is 75.3 Å². The number of rotatable bonds is 14. The third-order valence-corrected chi connectivity index (χ3v) is 18.5. The van der Waals surface area contributed by atoms with Gasteiger partial charge < -0.3 is 65.6 Å². The van der Waals surface area contributed by atoms with Crippen LogP contribution in [-0.4, -0.2) is 251 Å². The van der Waals surface area contributed by atoms with Gasteiger partial charge in [-0.05, 0) is 94.1 Å². The first-order valence-corrected chi connectivity index (χ1v) is 33.6. The van der Waals surface area contributed by atoms with Gasteiger partial charge in [0.25, 0.3) is 0 Å². The topological polar surface area (TPSA) is 299 Å². The summed E-state index contributed by atoms with van der Waals surface area (Å²) in [6.45, 7) is 18.9. The summed E-state index contributed by atoms with van der Waals surface area (Å²) < 4.78 is 0. The summed E-state index contributed by atoms with van der Waals surface area (Å²) in [5.74, 6) is -9.68. The standard InChI is InChI=1S/C70H110N12O13/c1-19-45(8)60-64(89)73-51(35-42(2)3)66(91)78(15)54(37-44(6)7)62(87)72-52(67(92)82-33-27-22-28-34-82)40-57(84)75(12)41-58(85)77(14)53(36-43(4)5)63(88)74-59(48(11)83)70(95)76(13)47(10)61(86)71-46(9)65(90)79(16)55(38-49-29-23-20-24-30-49)68(93)80(17)56(69(94)81(60)18)39-50-31-25-21-26-32-50/h20-21,23-26,29-32,42-48,51-56,59-60,83H,19,22,27-28,33-41H2,1-18H3,(H,71,86)(H,72,87)(H,73,89)(H,74,88)/t45-,46-,47-,48+,51-,52-,53-,54-,55-,56-,59-,60-/m0/s1. The van der Waals surface area contributed by atoms with Crippen molar-refractivity contribution in [3.8, 4) is 0 Å². The van der Waals surface area contributed by atoms with Gasteiger partial charge in [0.15, 0.2) is 0 Å². The second-order valence-corrected chi connectivity index (χ2v) is 27.5. The third-order valence-electron chi connectivity index (χ3n) is 18.5. The summed E-state index contributed by atoms with van der Waals surface area (Å²) in [5.41, 5.74) is 1.33. The minimum atomic E-state index is -1.65. The molecule has 0 unspecified atom stereocenters. The number of aliphatic hydroxyl groups is 1. The molecule has 2 aliphatic heterocycles. The highest BCUT2D eigenvalue weighted by molar-refractivity contribution is 6.00. The predicted octanol–water partition coefficient (Wildman–Crippen LogP) is 2.85. The molecule has 25 heteroatoms. The van der Waals surface area contributed by atoms with Crippen LogP contribution < -0.4 is 21.3 Å². The molecule has 2 heterocycles. The number of benzene rings is 2. The zero-order valence-electron chi connectivity index (χ0n) is 59.6. The van der Waals surface area contributed by atoms with Crippen LogP contribution in [0.25, 0.3) is 0 Å². The zero-order valence-corrected chi connectivity index (χ0v) is 59.6. The maximum Gasteiger partial charge on any atom is 0.248 e. The molecule has 0 saturated carbocycles. The molecule has 2 saturated heterocycles. The molecule has 0 bridgehead atoms. The van der Waals surface area contributed by atoms with Gasteiger partial charge in [-0.3, -0.25) is 57.5 Å². The van der Waals surface area contributed by atoms with E-state index in [-0.39, 0.29) is 49.9 Å². The number of piperidine rings is 1. The van der Waals surface area contributed by atoms with Crippen LogP contribution in [0.1, 0.15) is 139 Å². The predicted molar refractivity (Wildman–Crippen MR) is 361 cm³/mol. The second kappa shape index (κ2) is 36.8. The maximum atomic E-state index is 15.6. The van der Waals surface area contributed by atoms with Crippen LogP contribution in [0.15, 0.2) is 60.7 Å². The largest absolute Gasteiger partial charge is 0.391 e. The van der Waals surface area contributed by atoms with Crippen molar-refractivity contribution in [2.45, 2.75) is 207 Å². The highest BCUT2D eigenvalue weighted by atomic mass is 16.3. The van der Waals surface area contributed by atoms with Gasteiger partial charge in [-0.2, -0.15) is 0 Å². The van der Waals surface area contributed by atoms with E-state index in [2.05, 4.69) is 21.3 Å². The van der Waals surface area contributed by atoms with E-state index in [1.165, 1.54) is 89.7 Å². The van der Waals surface area contributed by atoms with Crippen molar-refractivity contribution in [3.63, 3.8) is 0 Å². The Bertz CT molecular complexity index is 2960. The van der Waals surface area contributed by atoms with Crippen LogP contribution in [0.3, 0.4) is 0 Å². The Hall–Kier alpha value is -7.96. The summed E-state index contributed by atoms with van der Waals surface area (Å²) >= 11 is 0. The minimum Gasteiger partial charge on any atom is -0.391 e. The smallest absolute Gasteiger partial charge is 0.248 e. The molecule has 2 aliphatic rings. The van der Waals surface area contributed by atoms with E-state index in [4.69, 9.17) is 0 Å². The van der Waals surface area contributed by atoms with Crippen LogP contribution in [0.2, 0.25) is 0 Å². The maximum absolute atomic E-state index is 15.6. The molecule has 4 rings (SSSR count). The van der Waals surface area contributed by atoms with Gasteiger partial charge in [0.2, 0.25) is 70.9 Å². The SMILES string of the molecule is CC[C@H](C)[C@H]1C(=O)N[C@@H](CC(C)C)C(=O)N(C)[C@@H](CC(C)C)C(=O)N[C@H](C(=O)N2CCCCC2)CC(=O)N(C)CC(=O)N(C)[C@@H](CC(C)C)C(=O)N[C@@H]([C@@H](C)O)C(=O)N(C)[C@@H](C)C(=O)N[C@@H](C)C(=O)N(C)[C@@H](Cc2ccccc2)C(=O)N(C)[C@@H](Cc2ccccc2)C(=O)N1C. The minimum absolute atomic E-state index is 0.0316. The van der Waals surface area contributed by atoms with Crippen molar-refractivity contribution < 1.29 is 62.6 Å². The van der Waals surface area contributed by atoms with Crippen LogP contribution in [0, 0.1) is 23.7 Å². The van der Waals surface area contributed by atoms with Gasteiger partial charge in [-0.25, -0.2) is 0 Å². The molecule has 0 radical (unpaired) electrons. The number of nitrogens with zero attached hydrogens (tertiary/aromatic N) is 8. The molecule has 0 aromatic heterocycles. The van der Waals surface area contributed by atoms with Crippen molar-refractivity contribution in [1.29, 1.82) is 0 Å². The molecule has 25 nitrogen and oxygen atoms in total. The van der Waals surface area contributed by atoms with Gasteiger partial charge in [0.1, 0.15) is 60.4 Å². The number of carbonyl (C=O) groups is 12. The molecule has 2 fully saturated rings. The second-order valence-electron chi connectivity index (χ2n) is 27.5. The normalized spacial score (nSPS) is 26.0. The number of nitrogens with one attached hydrogen (secondary N) is 4. The van der Waals surface area contributed by atoms with Crippen LogP contribution in [0.4, 0.5) is 0 Å². The molecule has 0 spiro atoms. The van der Waals surface area contributed by atoms with E-state index >= 15 is 19.2 Å².